The zero-order chi connectivity index (χ0) is 14.7. The van der Waals surface area contributed by atoms with E-state index < -0.39 is 0 Å². The van der Waals surface area contributed by atoms with Crippen molar-refractivity contribution in [3.8, 4) is 5.75 Å². The first kappa shape index (κ1) is 14.1. The lowest BCUT2D eigenvalue weighted by Gasteiger charge is -2.14. The van der Waals surface area contributed by atoms with Gasteiger partial charge in [-0.25, -0.2) is 0 Å². The van der Waals surface area contributed by atoms with Crippen molar-refractivity contribution in [2.75, 3.05) is 6.61 Å². The van der Waals surface area contributed by atoms with Gasteiger partial charge in [0.15, 0.2) is 0 Å². The summed E-state index contributed by atoms with van der Waals surface area (Å²) < 4.78 is 7.84. The maximum absolute atomic E-state index is 5.95. The summed E-state index contributed by atoms with van der Waals surface area (Å²) in [5.41, 5.74) is 3.77. The van der Waals surface area contributed by atoms with Gasteiger partial charge in [-0.2, -0.15) is 5.10 Å². The number of nitrogens with zero attached hydrogens (tertiary/aromatic N) is 2. The van der Waals surface area contributed by atoms with Crippen molar-refractivity contribution in [1.29, 1.82) is 0 Å². The van der Waals surface area contributed by atoms with Gasteiger partial charge in [-0.15, -0.1) is 0 Å². The molecule has 0 radical (unpaired) electrons. The van der Waals surface area contributed by atoms with Gasteiger partial charge in [-0.3, -0.25) is 4.68 Å². The van der Waals surface area contributed by atoms with E-state index in [0.29, 0.717) is 6.61 Å². The van der Waals surface area contributed by atoms with Gasteiger partial charge < -0.3 is 10.1 Å². The third kappa shape index (κ3) is 3.85. The third-order valence-corrected chi connectivity index (χ3v) is 3.82. The maximum Gasteiger partial charge on any atom is 0.125 e. The molecular formula is C17H23N3O. The number of hydrogen-bond donors (Lipinski definition) is 1. The van der Waals surface area contributed by atoms with E-state index in [2.05, 4.69) is 36.4 Å². The van der Waals surface area contributed by atoms with Crippen molar-refractivity contribution in [2.24, 2.45) is 0 Å². The molecule has 0 unspecified atom stereocenters. The van der Waals surface area contributed by atoms with E-state index >= 15 is 0 Å². The Kier molecular flexibility index (Phi) is 4.25. The Balaban J connectivity index is 1.58. The molecule has 4 nitrogen and oxygen atoms in total. The molecule has 1 saturated carbocycles. The van der Waals surface area contributed by atoms with Crippen LogP contribution in [0.3, 0.4) is 0 Å². The molecule has 1 aliphatic carbocycles. The Morgan fingerprint density at radius 3 is 2.67 bits per heavy atom. The zero-order valence-electron chi connectivity index (χ0n) is 12.8. The second-order valence-electron chi connectivity index (χ2n) is 5.83. The minimum absolute atomic E-state index is 0.642. The van der Waals surface area contributed by atoms with E-state index in [0.717, 1.165) is 24.9 Å². The lowest BCUT2D eigenvalue weighted by molar-refractivity contribution is 0.287. The molecule has 0 amide bonds. The van der Waals surface area contributed by atoms with E-state index in [-0.39, 0.29) is 0 Å². The molecule has 21 heavy (non-hydrogen) atoms. The number of aromatic nitrogens is 2. The van der Waals surface area contributed by atoms with Gasteiger partial charge in [0.1, 0.15) is 12.4 Å². The summed E-state index contributed by atoms with van der Waals surface area (Å²) in [6, 6.07) is 7.13. The molecule has 1 heterocycles. The fourth-order valence-corrected chi connectivity index (χ4v) is 2.59. The van der Waals surface area contributed by atoms with Gasteiger partial charge in [0, 0.05) is 25.0 Å². The molecule has 112 valence electrons. The highest BCUT2D eigenvalue weighted by Gasteiger charge is 2.20. The lowest BCUT2D eigenvalue weighted by Crippen LogP contribution is -2.15. The molecule has 0 saturated heterocycles. The maximum atomic E-state index is 5.95. The molecular weight excluding hydrogens is 262 g/mol. The summed E-state index contributed by atoms with van der Waals surface area (Å²) >= 11 is 0. The van der Waals surface area contributed by atoms with E-state index in [4.69, 9.17) is 4.74 Å². The topological polar surface area (TPSA) is 39.1 Å². The molecule has 1 fully saturated rings. The van der Waals surface area contributed by atoms with Crippen molar-refractivity contribution in [2.45, 2.75) is 45.8 Å². The molecule has 3 rings (SSSR count). The van der Waals surface area contributed by atoms with Crippen LogP contribution in [0.2, 0.25) is 0 Å². The molecule has 1 aromatic carbocycles. The van der Waals surface area contributed by atoms with Crippen LogP contribution in [0, 0.1) is 13.8 Å². The molecule has 4 heteroatoms. The van der Waals surface area contributed by atoms with Crippen LogP contribution in [0.1, 0.15) is 29.5 Å². The predicted octanol–water partition coefficient (Wildman–Crippen LogP) is 2.83. The Bertz CT molecular complexity index is 565. The summed E-state index contributed by atoms with van der Waals surface area (Å²) in [7, 11) is 0. The van der Waals surface area contributed by atoms with Crippen LogP contribution < -0.4 is 10.1 Å². The Morgan fingerprint density at radius 1 is 1.29 bits per heavy atom. The standard InChI is InChI=1S/C17H23N3O/c1-13-10-15(12-18-16-4-5-16)11-14(2)17(13)21-9-8-20-7-3-6-19-20/h3,6-7,10-11,16,18H,4-5,8-9,12H2,1-2H3. The first-order valence-corrected chi connectivity index (χ1v) is 7.66. The number of rotatable bonds is 7. The number of hydrogen-bond acceptors (Lipinski definition) is 3. The molecule has 1 aliphatic rings. The predicted molar refractivity (Wildman–Crippen MR) is 83.5 cm³/mol. The van der Waals surface area contributed by atoms with Crippen molar-refractivity contribution in [3.63, 3.8) is 0 Å². The third-order valence-electron chi connectivity index (χ3n) is 3.82. The molecule has 0 bridgehead atoms. The SMILES string of the molecule is Cc1cc(CNC2CC2)cc(C)c1OCCn1cccn1. The molecule has 0 spiro atoms. The fraction of sp³-hybridized carbons (Fsp3) is 0.471. The number of nitrogens with one attached hydrogen (secondary N) is 1. The van der Waals surface area contributed by atoms with Crippen LogP contribution in [-0.2, 0) is 13.1 Å². The normalized spacial score (nSPS) is 14.4. The van der Waals surface area contributed by atoms with E-state index in [1.54, 1.807) is 6.20 Å². The Labute approximate surface area is 126 Å². The van der Waals surface area contributed by atoms with E-state index in [1.165, 1.54) is 29.5 Å². The fourth-order valence-electron chi connectivity index (χ4n) is 2.59. The van der Waals surface area contributed by atoms with Crippen LogP contribution in [-0.4, -0.2) is 22.4 Å². The molecule has 1 aromatic heterocycles. The molecule has 0 aliphatic heterocycles. The van der Waals surface area contributed by atoms with Crippen LogP contribution in [0.25, 0.3) is 0 Å². The zero-order valence-corrected chi connectivity index (χ0v) is 12.8. The van der Waals surface area contributed by atoms with Gasteiger partial charge in [0.25, 0.3) is 0 Å². The van der Waals surface area contributed by atoms with Crippen molar-refractivity contribution >= 4 is 0 Å². The largest absolute Gasteiger partial charge is 0.491 e. The quantitative estimate of drug-likeness (QED) is 0.850. The summed E-state index contributed by atoms with van der Waals surface area (Å²) in [6.07, 6.45) is 6.40. The Morgan fingerprint density at radius 2 is 2.05 bits per heavy atom. The monoisotopic (exact) mass is 285 g/mol. The van der Waals surface area contributed by atoms with E-state index in [1.807, 2.05) is 16.9 Å². The number of ether oxygens (including phenoxy) is 1. The number of aryl methyl sites for hydroxylation is 2. The molecule has 0 atom stereocenters. The Hall–Kier alpha value is -1.81. The summed E-state index contributed by atoms with van der Waals surface area (Å²) in [6.45, 7) is 6.62. The smallest absolute Gasteiger partial charge is 0.125 e. The van der Waals surface area contributed by atoms with Crippen molar-refractivity contribution < 1.29 is 4.74 Å². The first-order chi connectivity index (χ1) is 10.2. The van der Waals surface area contributed by atoms with Gasteiger partial charge >= 0.3 is 0 Å². The minimum atomic E-state index is 0.642. The highest BCUT2D eigenvalue weighted by Crippen LogP contribution is 2.26. The van der Waals surface area contributed by atoms with Gasteiger partial charge in [0.2, 0.25) is 0 Å². The first-order valence-electron chi connectivity index (χ1n) is 7.66. The summed E-state index contributed by atoms with van der Waals surface area (Å²) in [5.74, 6) is 1.01. The molecule has 2 aromatic rings. The minimum Gasteiger partial charge on any atom is -0.491 e. The second-order valence-corrected chi connectivity index (χ2v) is 5.83. The van der Waals surface area contributed by atoms with Crippen LogP contribution in [0.4, 0.5) is 0 Å². The van der Waals surface area contributed by atoms with Crippen LogP contribution in [0.5, 0.6) is 5.75 Å². The van der Waals surface area contributed by atoms with Gasteiger partial charge in [0.05, 0.1) is 6.54 Å². The lowest BCUT2D eigenvalue weighted by atomic mass is 10.1. The van der Waals surface area contributed by atoms with Crippen molar-refractivity contribution in [3.05, 3.63) is 47.3 Å². The van der Waals surface area contributed by atoms with E-state index in [9.17, 15) is 0 Å². The van der Waals surface area contributed by atoms with Crippen LogP contribution >= 0.6 is 0 Å². The van der Waals surface area contributed by atoms with Crippen molar-refractivity contribution in [1.82, 2.24) is 15.1 Å². The summed E-state index contributed by atoms with van der Waals surface area (Å²) in [5, 5.41) is 7.74. The average molecular weight is 285 g/mol. The highest BCUT2D eigenvalue weighted by atomic mass is 16.5. The second kappa shape index (κ2) is 6.31. The number of benzene rings is 1. The summed E-state index contributed by atoms with van der Waals surface area (Å²) in [4.78, 5) is 0. The average Bonchev–Trinajstić information content (AvgIpc) is 3.14. The van der Waals surface area contributed by atoms with Gasteiger partial charge in [-0.05, 0) is 49.4 Å². The van der Waals surface area contributed by atoms with Crippen LogP contribution in [0.15, 0.2) is 30.6 Å². The van der Waals surface area contributed by atoms with Gasteiger partial charge in [-0.1, -0.05) is 12.1 Å². The highest BCUT2D eigenvalue weighted by molar-refractivity contribution is 5.43. The molecule has 1 N–H and O–H groups in total.